The van der Waals surface area contributed by atoms with Crippen LogP contribution < -0.4 is 0 Å². The number of hydrogen-bond donors (Lipinski definition) is 0. The number of benzene rings is 1. The van der Waals surface area contributed by atoms with E-state index >= 15 is 0 Å². The summed E-state index contributed by atoms with van der Waals surface area (Å²) >= 11 is 5.69. The van der Waals surface area contributed by atoms with Crippen molar-refractivity contribution in [2.45, 2.75) is 6.04 Å². The van der Waals surface area contributed by atoms with E-state index in [4.69, 9.17) is 16.3 Å². The Hall–Kier alpha value is -0.900. The van der Waals surface area contributed by atoms with Crippen LogP contribution in [-0.4, -0.2) is 36.4 Å². The molecule has 0 saturated carbocycles. The van der Waals surface area contributed by atoms with Crippen molar-refractivity contribution >= 4 is 16.8 Å². The highest BCUT2D eigenvalue weighted by Gasteiger charge is 2.27. The number of carbonyl (C=O) groups is 1. The van der Waals surface area contributed by atoms with Crippen LogP contribution in [0.15, 0.2) is 30.3 Å². The van der Waals surface area contributed by atoms with E-state index in [2.05, 4.69) is 4.90 Å². The van der Waals surface area contributed by atoms with Crippen molar-refractivity contribution in [3.8, 4) is 0 Å². The fraction of sp³-hybridized carbons (Fsp3) is 0.417. The van der Waals surface area contributed by atoms with Gasteiger partial charge in [-0.15, -0.1) is 0 Å². The summed E-state index contributed by atoms with van der Waals surface area (Å²) in [4.78, 5) is 13.6. The third-order valence-electron chi connectivity index (χ3n) is 2.74. The molecule has 0 amide bonds. The maximum atomic E-state index is 11.5. The second kappa shape index (κ2) is 5.43. The lowest BCUT2D eigenvalue weighted by atomic mass is 10.1. The van der Waals surface area contributed by atoms with Crippen molar-refractivity contribution in [3.05, 3.63) is 35.9 Å². The average Bonchev–Trinajstić information content (AvgIpc) is 2.31. The molecule has 1 saturated heterocycles. The Morgan fingerprint density at radius 3 is 2.44 bits per heavy atom. The molecule has 86 valence electrons. The van der Waals surface area contributed by atoms with Crippen LogP contribution >= 0.6 is 11.6 Å². The molecule has 1 aromatic carbocycles. The van der Waals surface area contributed by atoms with Gasteiger partial charge in [0.25, 0.3) is 0 Å². The van der Waals surface area contributed by atoms with Crippen LogP contribution in [0.1, 0.15) is 11.6 Å². The minimum Gasteiger partial charge on any atom is -0.379 e. The molecule has 4 heteroatoms. The molecule has 1 atom stereocenters. The van der Waals surface area contributed by atoms with Crippen molar-refractivity contribution in [2.24, 2.45) is 0 Å². The van der Waals surface area contributed by atoms with Gasteiger partial charge in [0, 0.05) is 13.1 Å². The van der Waals surface area contributed by atoms with Crippen LogP contribution in [0.25, 0.3) is 0 Å². The number of rotatable bonds is 3. The minimum absolute atomic E-state index is 0.326. The molecule has 1 aromatic rings. The van der Waals surface area contributed by atoms with E-state index in [9.17, 15) is 4.79 Å². The Balaban J connectivity index is 2.20. The molecule has 0 aliphatic carbocycles. The standard InChI is InChI=1S/C12H14ClNO2/c13-12(15)11(10-4-2-1-3-5-10)14-6-8-16-9-7-14/h1-5,11H,6-9H2. The zero-order chi connectivity index (χ0) is 11.4. The molecule has 0 bridgehead atoms. The van der Waals surface area contributed by atoms with E-state index in [1.807, 2.05) is 30.3 Å². The first-order valence-corrected chi connectivity index (χ1v) is 5.73. The quantitative estimate of drug-likeness (QED) is 0.754. The van der Waals surface area contributed by atoms with Crippen molar-refractivity contribution in [1.29, 1.82) is 0 Å². The van der Waals surface area contributed by atoms with Crippen LogP contribution in [0.2, 0.25) is 0 Å². The Bertz CT molecular complexity index is 349. The Labute approximate surface area is 100.0 Å². The molecule has 1 fully saturated rings. The molecule has 0 spiro atoms. The number of morpholine rings is 1. The molecule has 2 rings (SSSR count). The first-order valence-electron chi connectivity index (χ1n) is 5.35. The van der Waals surface area contributed by atoms with Gasteiger partial charge in [-0.2, -0.15) is 0 Å². The van der Waals surface area contributed by atoms with E-state index in [-0.39, 0.29) is 11.3 Å². The maximum Gasteiger partial charge on any atom is 0.243 e. The van der Waals surface area contributed by atoms with Gasteiger partial charge >= 0.3 is 0 Å². The lowest BCUT2D eigenvalue weighted by molar-refractivity contribution is -0.118. The van der Waals surface area contributed by atoms with Crippen molar-refractivity contribution in [1.82, 2.24) is 4.90 Å². The molecule has 3 nitrogen and oxygen atoms in total. The molecule has 0 N–H and O–H groups in total. The normalized spacial score (nSPS) is 19.3. The van der Waals surface area contributed by atoms with Gasteiger partial charge < -0.3 is 4.74 Å². The molecule has 0 radical (unpaired) electrons. The number of carbonyl (C=O) groups excluding carboxylic acids is 1. The van der Waals surface area contributed by atoms with E-state index in [1.54, 1.807) is 0 Å². The first kappa shape index (κ1) is 11.6. The zero-order valence-electron chi connectivity index (χ0n) is 8.93. The predicted molar refractivity (Wildman–Crippen MR) is 62.4 cm³/mol. The van der Waals surface area contributed by atoms with E-state index < -0.39 is 0 Å². The molecule has 1 aliphatic rings. The molecule has 1 aliphatic heterocycles. The highest BCUT2D eigenvalue weighted by molar-refractivity contribution is 6.64. The van der Waals surface area contributed by atoms with Gasteiger partial charge in [-0.05, 0) is 17.2 Å². The van der Waals surface area contributed by atoms with E-state index in [0.717, 1.165) is 18.7 Å². The third-order valence-corrected chi connectivity index (χ3v) is 2.95. The lowest BCUT2D eigenvalue weighted by Crippen LogP contribution is -2.41. The van der Waals surface area contributed by atoms with Gasteiger partial charge in [0.15, 0.2) is 0 Å². The SMILES string of the molecule is O=C(Cl)C(c1ccccc1)N1CCOCC1. The molecule has 16 heavy (non-hydrogen) atoms. The van der Waals surface area contributed by atoms with Crippen LogP contribution in [0.5, 0.6) is 0 Å². The average molecular weight is 240 g/mol. The van der Waals surface area contributed by atoms with Crippen molar-refractivity contribution in [2.75, 3.05) is 26.3 Å². The van der Waals surface area contributed by atoms with Crippen LogP contribution in [-0.2, 0) is 9.53 Å². The fourth-order valence-corrected chi connectivity index (χ4v) is 2.22. The largest absolute Gasteiger partial charge is 0.379 e. The van der Waals surface area contributed by atoms with Crippen molar-refractivity contribution < 1.29 is 9.53 Å². The van der Waals surface area contributed by atoms with Crippen molar-refractivity contribution in [3.63, 3.8) is 0 Å². The van der Waals surface area contributed by atoms with Crippen LogP contribution in [0.4, 0.5) is 0 Å². The summed E-state index contributed by atoms with van der Waals surface area (Å²) in [7, 11) is 0. The van der Waals surface area contributed by atoms with E-state index in [0.29, 0.717) is 13.2 Å². The topological polar surface area (TPSA) is 29.5 Å². The second-order valence-electron chi connectivity index (χ2n) is 3.77. The lowest BCUT2D eigenvalue weighted by Gasteiger charge is -2.32. The molecular weight excluding hydrogens is 226 g/mol. The second-order valence-corrected chi connectivity index (χ2v) is 4.14. The number of ether oxygens (including phenoxy) is 1. The number of halogens is 1. The number of nitrogens with zero attached hydrogens (tertiary/aromatic N) is 1. The molecular formula is C12H14ClNO2. The summed E-state index contributed by atoms with van der Waals surface area (Å²) in [6, 6.07) is 9.29. The van der Waals surface area contributed by atoms with Crippen LogP contribution in [0, 0.1) is 0 Å². The van der Waals surface area contributed by atoms with Gasteiger partial charge in [0.1, 0.15) is 6.04 Å². The van der Waals surface area contributed by atoms with Gasteiger partial charge in [0.05, 0.1) is 13.2 Å². The van der Waals surface area contributed by atoms with Crippen LogP contribution in [0.3, 0.4) is 0 Å². The van der Waals surface area contributed by atoms with E-state index in [1.165, 1.54) is 0 Å². The maximum absolute atomic E-state index is 11.5. The van der Waals surface area contributed by atoms with Gasteiger partial charge in [0.2, 0.25) is 5.24 Å². The Kier molecular flexibility index (Phi) is 3.93. The predicted octanol–water partition coefficient (Wildman–Crippen LogP) is 1.83. The molecule has 0 aromatic heterocycles. The van der Waals surface area contributed by atoms with Gasteiger partial charge in [-0.3, -0.25) is 9.69 Å². The smallest absolute Gasteiger partial charge is 0.243 e. The summed E-state index contributed by atoms with van der Waals surface area (Å²) in [6.07, 6.45) is 0. The zero-order valence-corrected chi connectivity index (χ0v) is 9.69. The summed E-state index contributed by atoms with van der Waals surface area (Å²) in [5, 5.41) is -0.326. The molecule has 1 heterocycles. The van der Waals surface area contributed by atoms with Gasteiger partial charge in [-0.1, -0.05) is 30.3 Å². The summed E-state index contributed by atoms with van der Waals surface area (Å²) in [5.41, 5.74) is 0.949. The minimum atomic E-state index is -0.341. The Morgan fingerprint density at radius 2 is 1.88 bits per heavy atom. The summed E-state index contributed by atoms with van der Waals surface area (Å²) < 4.78 is 5.27. The van der Waals surface area contributed by atoms with Gasteiger partial charge in [-0.25, -0.2) is 0 Å². The monoisotopic (exact) mass is 239 g/mol. The fourth-order valence-electron chi connectivity index (χ4n) is 1.96. The number of hydrogen-bond acceptors (Lipinski definition) is 3. The highest BCUT2D eigenvalue weighted by atomic mass is 35.5. The highest BCUT2D eigenvalue weighted by Crippen LogP contribution is 2.23. The Morgan fingerprint density at radius 1 is 1.25 bits per heavy atom. The summed E-state index contributed by atoms with van der Waals surface area (Å²) in [5.74, 6) is 0. The molecule has 1 unspecified atom stereocenters. The first-order chi connectivity index (χ1) is 7.79. The third kappa shape index (κ3) is 2.61. The summed E-state index contributed by atoms with van der Waals surface area (Å²) in [6.45, 7) is 2.82.